The van der Waals surface area contributed by atoms with E-state index in [-0.39, 0.29) is 17.4 Å². The number of hydrogen-bond donors (Lipinski definition) is 1. The number of nitrogens with one attached hydrogen (secondary N) is 1. The highest BCUT2D eigenvalue weighted by molar-refractivity contribution is 7.92. The van der Waals surface area contributed by atoms with Crippen molar-refractivity contribution in [1.29, 1.82) is 0 Å². The molecule has 1 fully saturated rings. The maximum atomic E-state index is 12.7. The first kappa shape index (κ1) is 19.1. The Morgan fingerprint density at radius 1 is 1.25 bits per heavy atom. The zero-order valence-electron chi connectivity index (χ0n) is 14.0. The number of hydrogen-bond acceptors (Lipinski definition) is 4. The highest BCUT2D eigenvalue weighted by Crippen LogP contribution is 2.25. The normalized spacial score (nSPS) is 19.7. The average Bonchev–Trinajstić information content (AvgIpc) is 3.03. The summed E-state index contributed by atoms with van der Waals surface area (Å²) in [4.78, 5) is 0.277. The third-order valence-corrected chi connectivity index (χ3v) is 7.11. The van der Waals surface area contributed by atoms with Crippen LogP contribution in [0.1, 0.15) is 31.7 Å². The zero-order valence-corrected chi connectivity index (χ0v) is 15.6. The molecule has 0 aliphatic carbocycles. The molecule has 0 spiro atoms. The van der Waals surface area contributed by atoms with Gasteiger partial charge in [0.15, 0.2) is 0 Å². The van der Waals surface area contributed by atoms with Gasteiger partial charge in [0.25, 0.3) is 0 Å². The fraction of sp³-hybridized carbons (Fsp3) is 0.500. The van der Waals surface area contributed by atoms with Crippen LogP contribution in [0.5, 0.6) is 0 Å². The Bertz CT molecular complexity index is 784. The maximum absolute atomic E-state index is 12.7. The lowest BCUT2D eigenvalue weighted by Gasteiger charge is -2.17. The summed E-state index contributed by atoms with van der Waals surface area (Å²) in [6, 6.07) is 6.95. The van der Waals surface area contributed by atoms with Crippen molar-refractivity contribution in [2.24, 2.45) is 5.92 Å². The molecule has 6 nitrogen and oxygen atoms in total. The van der Waals surface area contributed by atoms with Gasteiger partial charge in [-0.3, -0.25) is 0 Å². The molecule has 1 aliphatic rings. The fourth-order valence-electron chi connectivity index (χ4n) is 2.65. The van der Waals surface area contributed by atoms with Gasteiger partial charge in [0.2, 0.25) is 20.0 Å². The summed E-state index contributed by atoms with van der Waals surface area (Å²) in [5.74, 6) is 0.306. The van der Waals surface area contributed by atoms with Gasteiger partial charge in [0.05, 0.1) is 4.90 Å². The summed E-state index contributed by atoms with van der Waals surface area (Å²) in [7, 11) is -7.02. The number of rotatable bonds is 7. The minimum Gasteiger partial charge on any atom is -0.211 e. The highest BCUT2D eigenvalue weighted by Gasteiger charge is 2.32. The van der Waals surface area contributed by atoms with Gasteiger partial charge in [-0.05, 0) is 36.0 Å². The van der Waals surface area contributed by atoms with Gasteiger partial charge in [0.1, 0.15) is 0 Å². The minimum absolute atomic E-state index is 0.0376. The molecule has 1 N–H and O–H groups in total. The Labute approximate surface area is 144 Å². The van der Waals surface area contributed by atoms with Gasteiger partial charge in [-0.1, -0.05) is 32.6 Å². The molecule has 0 radical (unpaired) electrons. The molecule has 134 valence electrons. The van der Waals surface area contributed by atoms with E-state index in [0.29, 0.717) is 25.4 Å². The van der Waals surface area contributed by atoms with Crippen LogP contribution in [0.3, 0.4) is 0 Å². The molecule has 0 amide bonds. The molecule has 2 rings (SSSR count). The number of sulfonamides is 2. The first-order valence-electron chi connectivity index (χ1n) is 7.88. The van der Waals surface area contributed by atoms with Gasteiger partial charge in [-0.25, -0.2) is 21.6 Å². The lowest BCUT2D eigenvalue weighted by Crippen LogP contribution is -2.32. The summed E-state index contributed by atoms with van der Waals surface area (Å²) < 4.78 is 52.0. The molecule has 1 aromatic carbocycles. The van der Waals surface area contributed by atoms with Crippen LogP contribution in [-0.2, 0) is 20.0 Å². The third-order valence-electron chi connectivity index (χ3n) is 4.23. The van der Waals surface area contributed by atoms with Gasteiger partial charge >= 0.3 is 0 Å². The van der Waals surface area contributed by atoms with E-state index in [9.17, 15) is 16.8 Å². The van der Waals surface area contributed by atoms with E-state index in [0.717, 1.165) is 11.0 Å². The van der Waals surface area contributed by atoms with E-state index < -0.39 is 20.0 Å². The SMILES string of the molecule is C=CS(=O)(=O)NC[C@H]1CCN(S(=O)(=O)c2ccc(C(C)C)cc2)C1. The molecular formula is C16H24N2O4S2. The lowest BCUT2D eigenvalue weighted by atomic mass is 10.0. The van der Waals surface area contributed by atoms with E-state index >= 15 is 0 Å². The summed E-state index contributed by atoms with van der Waals surface area (Å²) >= 11 is 0. The standard InChI is InChI=1S/C16H24N2O4S2/c1-4-23(19,20)17-11-14-9-10-18(12-14)24(21,22)16-7-5-15(6-8-16)13(2)3/h4-8,13-14,17H,1,9-12H2,2-3H3/t14-/m1/s1. The first-order chi connectivity index (χ1) is 11.2. The van der Waals surface area contributed by atoms with Crippen LogP contribution >= 0.6 is 0 Å². The summed E-state index contributed by atoms with van der Waals surface area (Å²) in [6.45, 7) is 8.27. The maximum Gasteiger partial charge on any atom is 0.243 e. The van der Waals surface area contributed by atoms with Crippen molar-refractivity contribution < 1.29 is 16.8 Å². The van der Waals surface area contributed by atoms with Crippen LogP contribution in [0.2, 0.25) is 0 Å². The van der Waals surface area contributed by atoms with E-state index in [4.69, 9.17) is 0 Å². The van der Waals surface area contributed by atoms with Gasteiger partial charge in [0, 0.05) is 25.0 Å². The first-order valence-corrected chi connectivity index (χ1v) is 10.9. The molecular weight excluding hydrogens is 348 g/mol. The molecule has 0 aromatic heterocycles. The van der Waals surface area contributed by atoms with Crippen LogP contribution in [0.25, 0.3) is 0 Å². The Kier molecular flexibility index (Phi) is 5.85. The molecule has 24 heavy (non-hydrogen) atoms. The van der Waals surface area contributed by atoms with Gasteiger partial charge in [-0.15, -0.1) is 0 Å². The predicted octanol–water partition coefficient (Wildman–Crippen LogP) is 1.88. The van der Waals surface area contributed by atoms with Crippen molar-refractivity contribution in [3.05, 3.63) is 41.8 Å². The largest absolute Gasteiger partial charge is 0.243 e. The van der Waals surface area contributed by atoms with E-state index in [1.165, 1.54) is 4.31 Å². The molecule has 0 bridgehead atoms. The van der Waals surface area contributed by atoms with Crippen LogP contribution < -0.4 is 4.72 Å². The van der Waals surface area contributed by atoms with Crippen LogP contribution in [0.4, 0.5) is 0 Å². The van der Waals surface area contributed by atoms with Crippen molar-refractivity contribution >= 4 is 20.0 Å². The number of benzene rings is 1. The predicted molar refractivity (Wildman–Crippen MR) is 94.5 cm³/mol. The van der Waals surface area contributed by atoms with Crippen molar-refractivity contribution in [3.8, 4) is 0 Å². The van der Waals surface area contributed by atoms with Crippen molar-refractivity contribution in [2.75, 3.05) is 19.6 Å². The molecule has 1 saturated heterocycles. The molecule has 1 aliphatic heterocycles. The molecule has 1 atom stereocenters. The molecule has 0 unspecified atom stereocenters. The summed E-state index contributed by atoms with van der Waals surface area (Å²) in [5, 5.41) is 0.854. The van der Waals surface area contributed by atoms with Crippen molar-refractivity contribution in [1.82, 2.24) is 9.03 Å². The molecule has 1 heterocycles. The Hall–Kier alpha value is -1.22. The van der Waals surface area contributed by atoms with E-state index in [2.05, 4.69) is 25.1 Å². The van der Waals surface area contributed by atoms with Crippen LogP contribution in [0.15, 0.2) is 41.1 Å². The second kappa shape index (κ2) is 7.35. The number of nitrogens with zero attached hydrogens (tertiary/aromatic N) is 1. The Morgan fingerprint density at radius 2 is 1.88 bits per heavy atom. The Morgan fingerprint density at radius 3 is 2.42 bits per heavy atom. The van der Waals surface area contributed by atoms with Crippen LogP contribution in [-0.4, -0.2) is 40.8 Å². The van der Waals surface area contributed by atoms with Crippen molar-refractivity contribution in [3.63, 3.8) is 0 Å². The zero-order chi connectivity index (χ0) is 18.0. The van der Waals surface area contributed by atoms with Gasteiger partial charge < -0.3 is 0 Å². The van der Waals surface area contributed by atoms with E-state index in [1.54, 1.807) is 12.1 Å². The molecule has 8 heteroatoms. The quantitative estimate of drug-likeness (QED) is 0.792. The summed E-state index contributed by atoms with van der Waals surface area (Å²) in [6.07, 6.45) is 0.628. The third kappa shape index (κ3) is 4.44. The van der Waals surface area contributed by atoms with E-state index in [1.807, 2.05) is 12.1 Å². The molecule has 0 saturated carbocycles. The topological polar surface area (TPSA) is 83.6 Å². The smallest absolute Gasteiger partial charge is 0.211 e. The lowest BCUT2D eigenvalue weighted by molar-refractivity contribution is 0.455. The fourth-order valence-corrected chi connectivity index (χ4v) is 4.77. The minimum atomic E-state index is -3.54. The summed E-state index contributed by atoms with van der Waals surface area (Å²) in [5.41, 5.74) is 1.09. The second-order valence-electron chi connectivity index (χ2n) is 6.30. The Balaban J connectivity index is 2.04. The average molecular weight is 373 g/mol. The van der Waals surface area contributed by atoms with Gasteiger partial charge in [-0.2, -0.15) is 4.31 Å². The highest BCUT2D eigenvalue weighted by atomic mass is 32.2. The van der Waals surface area contributed by atoms with Crippen molar-refractivity contribution in [2.45, 2.75) is 31.1 Å². The van der Waals surface area contributed by atoms with Crippen LogP contribution in [0, 0.1) is 5.92 Å². The monoisotopic (exact) mass is 372 g/mol. The second-order valence-corrected chi connectivity index (χ2v) is 9.95. The molecule has 1 aromatic rings.